The van der Waals surface area contributed by atoms with E-state index in [0.717, 1.165) is 36.7 Å². The minimum atomic E-state index is 0.559. The summed E-state index contributed by atoms with van der Waals surface area (Å²) in [6, 6.07) is 2.10. The summed E-state index contributed by atoms with van der Waals surface area (Å²) in [4.78, 5) is 2.47. The van der Waals surface area contributed by atoms with Gasteiger partial charge >= 0.3 is 0 Å². The van der Waals surface area contributed by atoms with E-state index in [2.05, 4.69) is 38.7 Å². The summed E-state index contributed by atoms with van der Waals surface area (Å²) in [6.45, 7) is 14.7. The van der Waals surface area contributed by atoms with Gasteiger partial charge in [0.2, 0.25) is 0 Å². The summed E-state index contributed by atoms with van der Waals surface area (Å²) >= 11 is 0. The van der Waals surface area contributed by atoms with Crippen molar-refractivity contribution in [1.82, 2.24) is 4.90 Å². The second kappa shape index (κ2) is 6.95. The van der Waals surface area contributed by atoms with Crippen LogP contribution in [0.3, 0.4) is 0 Å². The molecule has 0 spiro atoms. The van der Waals surface area contributed by atoms with Gasteiger partial charge in [0.05, 0.1) is 6.54 Å². The molecule has 0 aliphatic rings. The van der Waals surface area contributed by atoms with Gasteiger partial charge in [0, 0.05) is 25.2 Å². The van der Waals surface area contributed by atoms with E-state index in [1.807, 2.05) is 6.92 Å². The molecule has 0 aliphatic heterocycles. The number of hydrogen-bond donors (Lipinski definition) is 1. The Kier molecular flexibility index (Phi) is 5.89. The molecule has 0 saturated carbocycles. The van der Waals surface area contributed by atoms with E-state index in [1.165, 1.54) is 0 Å². The van der Waals surface area contributed by atoms with Crippen molar-refractivity contribution in [2.45, 2.75) is 47.7 Å². The summed E-state index contributed by atoms with van der Waals surface area (Å²) in [7, 11) is 0. The Morgan fingerprint density at radius 2 is 1.72 bits per heavy atom. The van der Waals surface area contributed by atoms with Gasteiger partial charge in [-0.3, -0.25) is 4.90 Å². The van der Waals surface area contributed by atoms with Gasteiger partial charge in [-0.15, -0.1) is 0 Å². The Balaban J connectivity index is 2.68. The molecule has 0 aromatic carbocycles. The van der Waals surface area contributed by atoms with E-state index in [9.17, 15) is 0 Å². The molecule has 18 heavy (non-hydrogen) atoms. The van der Waals surface area contributed by atoms with Crippen LogP contribution in [0.4, 0.5) is 0 Å². The summed E-state index contributed by atoms with van der Waals surface area (Å²) in [5, 5.41) is 0. The van der Waals surface area contributed by atoms with Crippen molar-refractivity contribution in [3.05, 3.63) is 23.2 Å². The first kappa shape index (κ1) is 15.3. The van der Waals surface area contributed by atoms with Gasteiger partial charge in [-0.25, -0.2) is 0 Å². The Bertz CT molecular complexity index is 345. The number of furan rings is 1. The largest absolute Gasteiger partial charge is 0.465 e. The topological polar surface area (TPSA) is 42.4 Å². The Morgan fingerprint density at radius 1 is 1.17 bits per heavy atom. The highest BCUT2D eigenvalue weighted by molar-refractivity contribution is 5.20. The number of rotatable bonds is 7. The zero-order valence-electron chi connectivity index (χ0n) is 12.5. The van der Waals surface area contributed by atoms with E-state index < -0.39 is 0 Å². The van der Waals surface area contributed by atoms with Gasteiger partial charge < -0.3 is 10.2 Å². The van der Waals surface area contributed by atoms with Crippen molar-refractivity contribution >= 4 is 0 Å². The lowest BCUT2D eigenvalue weighted by Gasteiger charge is -2.25. The highest BCUT2D eigenvalue weighted by atomic mass is 16.3. The summed E-state index contributed by atoms with van der Waals surface area (Å²) in [5.74, 6) is 3.35. The van der Waals surface area contributed by atoms with Crippen LogP contribution in [0.5, 0.6) is 0 Å². The van der Waals surface area contributed by atoms with Crippen LogP contribution >= 0.6 is 0 Å². The van der Waals surface area contributed by atoms with Crippen LogP contribution in [-0.4, -0.2) is 18.0 Å². The molecule has 1 aromatic heterocycles. The molecule has 0 bridgehead atoms. The lowest BCUT2D eigenvalue weighted by molar-refractivity contribution is 0.196. The summed E-state index contributed by atoms with van der Waals surface area (Å²) in [5.41, 5.74) is 6.81. The van der Waals surface area contributed by atoms with E-state index >= 15 is 0 Å². The maximum atomic E-state index is 5.78. The van der Waals surface area contributed by atoms with Crippen molar-refractivity contribution in [3.8, 4) is 0 Å². The van der Waals surface area contributed by atoms with Crippen molar-refractivity contribution in [1.29, 1.82) is 0 Å². The highest BCUT2D eigenvalue weighted by Crippen LogP contribution is 2.17. The predicted octanol–water partition coefficient (Wildman–Crippen LogP) is 3.16. The zero-order chi connectivity index (χ0) is 13.7. The lowest BCUT2D eigenvalue weighted by Crippen LogP contribution is -2.30. The van der Waals surface area contributed by atoms with Gasteiger partial charge in [-0.2, -0.15) is 0 Å². The van der Waals surface area contributed by atoms with Gasteiger partial charge in [0.15, 0.2) is 0 Å². The molecule has 1 heterocycles. The van der Waals surface area contributed by atoms with E-state index in [0.29, 0.717) is 18.4 Å². The normalized spacial score (nSPS) is 12.1. The zero-order valence-corrected chi connectivity index (χ0v) is 12.5. The van der Waals surface area contributed by atoms with Gasteiger partial charge in [0.25, 0.3) is 0 Å². The smallest absolute Gasteiger partial charge is 0.118 e. The van der Waals surface area contributed by atoms with Crippen LogP contribution in [-0.2, 0) is 13.1 Å². The number of nitrogens with zero attached hydrogens (tertiary/aromatic N) is 1. The third-order valence-corrected chi connectivity index (χ3v) is 2.92. The van der Waals surface area contributed by atoms with Crippen molar-refractivity contribution < 1.29 is 4.42 Å². The second-order valence-electron chi connectivity index (χ2n) is 5.98. The molecule has 1 aromatic rings. The fourth-order valence-corrected chi connectivity index (χ4v) is 2.33. The monoisotopic (exact) mass is 252 g/mol. The first-order chi connectivity index (χ1) is 8.42. The van der Waals surface area contributed by atoms with E-state index in [-0.39, 0.29) is 0 Å². The van der Waals surface area contributed by atoms with Crippen LogP contribution < -0.4 is 5.73 Å². The van der Waals surface area contributed by atoms with Crippen LogP contribution in [0, 0.1) is 18.8 Å². The van der Waals surface area contributed by atoms with Crippen molar-refractivity contribution in [2.75, 3.05) is 13.1 Å². The third-order valence-electron chi connectivity index (χ3n) is 2.92. The SMILES string of the molecule is Cc1oc(CN(CC(C)C)CC(C)C)cc1CN. The molecule has 0 amide bonds. The van der Waals surface area contributed by atoms with Gasteiger partial charge in [-0.05, 0) is 24.8 Å². The Labute approximate surface area is 111 Å². The molecule has 3 nitrogen and oxygen atoms in total. The fraction of sp³-hybridized carbons (Fsp3) is 0.733. The quantitative estimate of drug-likeness (QED) is 0.810. The summed E-state index contributed by atoms with van der Waals surface area (Å²) in [6.07, 6.45) is 0. The maximum absolute atomic E-state index is 5.78. The van der Waals surface area contributed by atoms with Crippen molar-refractivity contribution in [2.24, 2.45) is 17.6 Å². The summed E-state index contributed by atoms with van der Waals surface area (Å²) < 4.78 is 5.78. The molecule has 0 radical (unpaired) electrons. The molecule has 1 rings (SSSR count). The second-order valence-corrected chi connectivity index (χ2v) is 5.98. The van der Waals surface area contributed by atoms with Crippen molar-refractivity contribution in [3.63, 3.8) is 0 Å². The minimum Gasteiger partial charge on any atom is -0.465 e. The first-order valence-electron chi connectivity index (χ1n) is 6.93. The standard InChI is InChI=1S/C15H28N2O/c1-11(2)8-17(9-12(3)4)10-15-6-14(7-16)13(5)18-15/h6,11-12H,7-10,16H2,1-5H3. The molecule has 3 heteroatoms. The van der Waals surface area contributed by atoms with Gasteiger partial charge in [0.1, 0.15) is 11.5 Å². The predicted molar refractivity (Wildman–Crippen MR) is 76.3 cm³/mol. The minimum absolute atomic E-state index is 0.559. The third kappa shape index (κ3) is 4.83. The lowest BCUT2D eigenvalue weighted by atomic mass is 10.1. The average molecular weight is 252 g/mol. The molecule has 104 valence electrons. The Morgan fingerprint density at radius 3 is 2.11 bits per heavy atom. The Hall–Kier alpha value is -0.800. The molecular formula is C15H28N2O. The fourth-order valence-electron chi connectivity index (χ4n) is 2.33. The highest BCUT2D eigenvalue weighted by Gasteiger charge is 2.13. The van der Waals surface area contributed by atoms with E-state index in [1.54, 1.807) is 0 Å². The van der Waals surface area contributed by atoms with Crippen LogP contribution in [0.2, 0.25) is 0 Å². The number of hydrogen-bond acceptors (Lipinski definition) is 3. The molecular weight excluding hydrogens is 224 g/mol. The van der Waals surface area contributed by atoms with Crippen LogP contribution in [0.1, 0.15) is 44.8 Å². The van der Waals surface area contributed by atoms with Crippen LogP contribution in [0.15, 0.2) is 10.5 Å². The molecule has 0 saturated heterocycles. The number of aryl methyl sites for hydroxylation is 1. The molecule has 2 N–H and O–H groups in total. The first-order valence-corrected chi connectivity index (χ1v) is 6.93. The van der Waals surface area contributed by atoms with E-state index in [4.69, 9.17) is 10.2 Å². The maximum Gasteiger partial charge on any atom is 0.118 e. The average Bonchev–Trinajstić information content (AvgIpc) is 2.56. The molecule has 0 aliphatic carbocycles. The molecule has 0 atom stereocenters. The molecule has 0 fully saturated rings. The number of nitrogens with two attached hydrogens (primary N) is 1. The van der Waals surface area contributed by atoms with Crippen LogP contribution in [0.25, 0.3) is 0 Å². The van der Waals surface area contributed by atoms with Gasteiger partial charge in [-0.1, -0.05) is 27.7 Å². The molecule has 0 unspecified atom stereocenters.